The second-order valence-electron chi connectivity index (χ2n) is 7.62. The summed E-state index contributed by atoms with van der Waals surface area (Å²) in [6, 6.07) is 6.32. The van der Waals surface area contributed by atoms with Gasteiger partial charge in [0.15, 0.2) is 0 Å². The van der Waals surface area contributed by atoms with E-state index in [0.717, 1.165) is 37.0 Å². The Kier molecular flexibility index (Phi) is 3.89. The molecular weight excluding hydrogens is 324 g/mol. The molecule has 5 rings (SSSR count). The Morgan fingerprint density at radius 2 is 1.77 bits per heavy atom. The van der Waals surface area contributed by atoms with Crippen LogP contribution in [-0.4, -0.2) is 32.6 Å². The molecule has 2 aliphatic rings. The van der Waals surface area contributed by atoms with Gasteiger partial charge in [0.1, 0.15) is 0 Å². The highest BCUT2D eigenvalue weighted by molar-refractivity contribution is 5.59. The average Bonchev–Trinajstić information content (AvgIpc) is 3.44. The molecule has 1 N–H and O–H groups in total. The minimum absolute atomic E-state index is 0.298. The van der Waals surface area contributed by atoms with Gasteiger partial charge in [-0.15, -0.1) is 0 Å². The summed E-state index contributed by atoms with van der Waals surface area (Å²) in [6.07, 6.45) is 13.6. The molecule has 0 radical (unpaired) electrons. The SMILES string of the molecule is OC(c1c(C2CC2)ccn2cncc12)C1CCN(c2ccncc2)CC1. The second kappa shape index (κ2) is 6.40. The number of anilines is 1. The molecule has 5 heteroatoms. The van der Waals surface area contributed by atoms with Crippen LogP contribution < -0.4 is 4.90 Å². The van der Waals surface area contributed by atoms with Crippen LogP contribution in [0, 0.1) is 5.92 Å². The second-order valence-corrected chi connectivity index (χ2v) is 7.62. The van der Waals surface area contributed by atoms with E-state index in [1.807, 2.05) is 29.3 Å². The van der Waals surface area contributed by atoms with E-state index in [1.165, 1.54) is 24.1 Å². The van der Waals surface area contributed by atoms with Gasteiger partial charge in [0.2, 0.25) is 0 Å². The van der Waals surface area contributed by atoms with Crippen LogP contribution in [-0.2, 0) is 0 Å². The maximum Gasteiger partial charge on any atom is 0.0992 e. The van der Waals surface area contributed by atoms with Crippen molar-refractivity contribution in [1.29, 1.82) is 0 Å². The maximum atomic E-state index is 11.3. The molecule has 0 bridgehead atoms. The lowest BCUT2D eigenvalue weighted by Crippen LogP contribution is -2.35. The molecule has 1 aliphatic heterocycles. The quantitative estimate of drug-likeness (QED) is 0.783. The molecule has 5 nitrogen and oxygen atoms in total. The normalized spacial score (nSPS) is 19.8. The minimum Gasteiger partial charge on any atom is -0.388 e. The van der Waals surface area contributed by atoms with Crippen molar-refractivity contribution in [3.63, 3.8) is 0 Å². The van der Waals surface area contributed by atoms with Gasteiger partial charge in [-0.3, -0.25) is 4.98 Å². The smallest absolute Gasteiger partial charge is 0.0992 e. The summed E-state index contributed by atoms with van der Waals surface area (Å²) in [5, 5.41) is 11.3. The van der Waals surface area contributed by atoms with Crippen LogP contribution in [0.4, 0.5) is 5.69 Å². The van der Waals surface area contributed by atoms with E-state index in [0.29, 0.717) is 11.8 Å². The monoisotopic (exact) mass is 348 g/mol. The van der Waals surface area contributed by atoms with Gasteiger partial charge in [0, 0.05) is 42.9 Å². The first-order chi connectivity index (χ1) is 12.8. The van der Waals surface area contributed by atoms with Crippen molar-refractivity contribution in [3.05, 3.63) is 60.4 Å². The molecule has 2 fully saturated rings. The molecule has 4 heterocycles. The predicted molar refractivity (Wildman–Crippen MR) is 101 cm³/mol. The number of aliphatic hydroxyl groups excluding tert-OH is 1. The van der Waals surface area contributed by atoms with Crippen molar-refractivity contribution >= 4 is 11.2 Å². The standard InChI is InChI=1S/C21H24N4O/c26-21(16-5-10-24(11-6-16)17-3-8-22-9-4-17)20-18(15-1-2-15)7-12-25-14-23-13-19(20)25/h3-4,7-9,12-16,21,26H,1-2,5-6,10-11H2. The molecule has 0 amide bonds. The van der Waals surface area contributed by atoms with E-state index in [4.69, 9.17) is 0 Å². The Morgan fingerprint density at radius 3 is 2.50 bits per heavy atom. The molecule has 1 saturated heterocycles. The van der Waals surface area contributed by atoms with Crippen molar-refractivity contribution < 1.29 is 5.11 Å². The van der Waals surface area contributed by atoms with Gasteiger partial charge in [-0.25, -0.2) is 4.98 Å². The fourth-order valence-corrected chi connectivity index (χ4v) is 4.37. The van der Waals surface area contributed by atoms with Crippen LogP contribution in [0.15, 0.2) is 49.3 Å². The number of piperidine rings is 1. The zero-order valence-corrected chi connectivity index (χ0v) is 14.8. The van der Waals surface area contributed by atoms with E-state index >= 15 is 0 Å². The lowest BCUT2D eigenvalue weighted by Gasteiger charge is -2.36. The number of imidazole rings is 1. The Morgan fingerprint density at radius 1 is 1.00 bits per heavy atom. The summed E-state index contributed by atoms with van der Waals surface area (Å²) >= 11 is 0. The number of aromatic nitrogens is 3. The number of fused-ring (bicyclic) bond motifs is 1. The lowest BCUT2D eigenvalue weighted by atomic mass is 9.84. The van der Waals surface area contributed by atoms with E-state index in [-0.39, 0.29) is 0 Å². The Bertz CT molecular complexity index is 895. The third-order valence-corrected chi connectivity index (χ3v) is 5.99. The summed E-state index contributed by atoms with van der Waals surface area (Å²) in [5.41, 5.74) is 4.75. The Labute approximate surface area is 153 Å². The maximum absolute atomic E-state index is 11.3. The summed E-state index contributed by atoms with van der Waals surface area (Å²) in [4.78, 5) is 10.8. The molecule has 0 aromatic carbocycles. The highest BCUT2D eigenvalue weighted by atomic mass is 16.3. The zero-order chi connectivity index (χ0) is 17.5. The van der Waals surface area contributed by atoms with Crippen LogP contribution in [0.2, 0.25) is 0 Å². The summed E-state index contributed by atoms with van der Waals surface area (Å²) in [7, 11) is 0. The molecule has 1 unspecified atom stereocenters. The first-order valence-corrected chi connectivity index (χ1v) is 9.59. The summed E-state index contributed by atoms with van der Waals surface area (Å²) in [6.45, 7) is 1.96. The van der Waals surface area contributed by atoms with Gasteiger partial charge in [-0.1, -0.05) is 0 Å². The first kappa shape index (κ1) is 15.8. The molecule has 26 heavy (non-hydrogen) atoms. The Balaban J connectivity index is 1.39. The molecular formula is C21H24N4O. The average molecular weight is 348 g/mol. The van der Waals surface area contributed by atoms with Crippen LogP contribution in [0.1, 0.15) is 48.8 Å². The molecule has 3 aromatic heterocycles. The third kappa shape index (κ3) is 2.76. The van der Waals surface area contributed by atoms with Crippen molar-refractivity contribution in [2.24, 2.45) is 5.92 Å². The van der Waals surface area contributed by atoms with Gasteiger partial charge in [0.25, 0.3) is 0 Å². The van der Waals surface area contributed by atoms with Crippen molar-refractivity contribution in [3.8, 4) is 0 Å². The van der Waals surface area contributed by atoms with Crippen molar-refractivity contribution in [2.75, 3.05) is 18.0 Å². The van der Waals surface area contributed by atoms with Gasteiger partial charge >= 0.3 is 0 Å². The summed E-state index contributed by atoms with van der Waals surface area (Å²) < 4.78 is 2.04. The number of pyridine rings is 2. The topological polar surface area (TPSA) is 53.7 Å². The van der Waals surface area contributed by atoms with Crippen molar-refractivity contribution in [2.45, 2.75) is 37.7 Å². The lowest BCUT2D eigenvalue weighted by molar-refractivity contribution is 0.0931. The largest absolute Gasteiger partial charge is 0.388 e. The number of aliphatic hydroxyl groups is 1. The molecule has 1 saturated carbocycles. The number of hydrogen-bond donors (Lipinski definition) is 1. The fourth-order valence-electron chi connectivity index (χ4n) is 4.37. The minimum atomic E-state index is -0.411. The van der Waals surface area contributed by atoms with Gasteiger partial charge < -0.3 is 14.4 Å². The molecule has 1 aliphatic carbocycles. The highest BCUT2D eigenvalue weighted by Gasteiger charge is 2.33. The highest BCUT2D eigenvalue weighted by Crippen LogP contribution is 2.46. The third-order valence-electron chi connectivity index (χ3n) is 5.99. The van der Waals surface area contributed by atoms with Gasteiger partial charge in [-0.05, 0) is 61.3 Å². The number of hydrogen-bond acceptors (Lipinski definition) is 4. The number of rotatable bonds is 4. The van der Waals surface area contributed by atoms with Gasteiger partial charge in [-0.2, -0.15) is 0 Å². The zero-order valence-electron chi connectivity index (χ0n) is 14.8. The van der Waals surface area contributed by atoms with E-state index in [9.17, 15) is 5.11 Å². The van der Waals surface area contributed by atoms with E-state index in [2.05, 4.69) is 39.3 Å². The van der Waals surface area contributed by atoms with Crippen LogP contribution in [0.5, 0.6) is 0 Å². The van der Waals surface area contributed by atoms with E-state index < -0.39 is 6.10 Å². The fraction of sp³-hybridized carbons (Fsp3) is 0.429. The summed E-state index contributed by atoms with van der Waals surface area (Å²) in [5.74, 6) is 0.920. The predicted octanol–water partition coefficient (Wildman–Crippen LogP) is 3.56. The first-order valence-electron chi connectivity index (χ1n) is 9.59. The number of nitrogens with zero attached hydrogens (tertiary/aromatic N) is 4. The van der Waals surface area contributed by atoms with Crippen LogP contribution in [0.3, 0.4) is 0 Å². The molecule has 1 atom stereocenters. The Hall–Kier alpha value is -2.40. The molecule has 134 valence electrons. The molecule has 3 aromatic rings. The van der Waals surface area contributed by atoms with Gasteiger partial charge in [0.05, 0.1) is 24.1 Å². The van der Waals surface area contributed by atoms with Crippen LogP contribution >= 0.6 is 0 Å². The molecule has 0 spiro atoms. The van der Waals surface area contributed by atoms with Crippen molar-refractivity contribution in [1.82, 2.24) is 14.4 Å². The van der Waals surface area contributed by atoms with Crippen LogP contribution in [0.25, 0.3) is 5.52 Å². The van der Waals surface area contributed by atoms with E-state index in [1.54, 1.807) is 0 Å².